The molecule has 2 aromatic carbocycles. The largest absolute Gasteiger partial charge is 0.497 e. The van der Waals surface area contributed by atoms with Crippen molar-refractivity contribution in [2.45, 2.75) is 32.2 Å². The molecule has 0 spiro atoms. The van der Waals surface area contributed by atoms with Crippen molar-refractivity contribution < 1.29 is 9.15 Å². The molecule has 0 radical (unpaired) electrons. The highest BCUT2D eigenvalue weighted by Gasteiger charge is 2.23. The molecule has 2 heterocycles. The molecule has 1 atom stereocenters. The van der Waals surface area contributed by atoms with E-state index in [2.05, 4.69) is 35.2 Å². The van der Waals surface area contributed by atoms with Gasteiger partial charge in [0.2, 0.25) is 5.89 Å². The molecule has 0 saturated carbocycles. The number of nitrogens with zero attached hydrogens (tertiary/aromatic N) is 2. The fraction of sp³-hybridized carbons (Fsp3) is 0.348. The Hall–Kier alpha value is -2.59. The summed E-state index contributed by atoms with van der Waals surface area (Å²) in [6.45, 7) is 5.05. The second-order valence-electron chi connectivity index (χ2n) is 7.24. The fourth-order valence-electron chi connectivity index (χ4n) is 3.84. The summed E-state index contributed by atoms with van der Waals surface area (Å²) < 4.78 is 11.2. The van der Waals surface area contributed by atoms with Gasteiger partial charge in [0.1, 0.15) is 11.5 Å². The third kappa shape index (κ3) is 4.06. The summed E-state index contributed by atoms with van der Waals surface area (Å²) in [5.74, 6) is 3.03. The monoisotopic (exact) mass is 362 g/mol. The number of aryl methyl sites for hydroxylation is 1. The number of hydrogen-bond acceptors (Lipinski definition) is 4. The van der Waals surface area contributed by atoms with Crippen LogP contribution in [0.4, 0.5) is 0 Å². The number of aromatic nitrogens is 1. The predicted molar refractivity (Wildman–Crippen MR) is 107 cm³/mol. The van der Waals surface area contributed by atoms with Crippen LogP contribution in [0.25, 0.3) is 11.5 Å². The number of ether oxygens (including phenoxy) is 1. The van der Waals surface area contributed by atoms with Crippen LogP contribution in [0.1, 0.15) is 35.8 Å². The molecule has 4 heteroatoms. The number of likely N-dealkylation sites (tertiary alicyclic amines) is 1. The Morgan fingerprint density at radius 2 is 1.89 bits per heavy atom. The highest BCUT2D eigenvalue weighted by Crippen LogP contribution is 2.29. The lowest BCUT2D eigenvalue weighted by atomic mass is 9.90. The minimum Gasteiger partial charge on any atom is -0.497 e. The zero-order valence-corrected chi connectivity index (χ0v) is 16.0. The van der Waals surface area contributed by atoms with E-state index in [1.54, 1.807) is 7.11 Å². The number of hydrogen-bond donors (Lipinski definition) is 0. The molecular weight excluding hydrogens is 336 g/mol. The average Bonchev–Trinajstić information content (AvgIpc) is 3.09. The Balaban J connectivity index is 1.47. The van der Waals surface area contributed by atoms with Crippen LogP contribution in [0.2, 0.25) is 0 Å². The third-order valence-electron chi connectivity index (χ3n) is 5.38. The molecule has 1 aliphatic heterocycles. The van der Waals surface area contributed by atoms with E-state index in [0.717, 1.165) is 42.4 Å². The van der Waals surface area contributed by atoms with E-state index < -0.39 is 0 Å². The molecule has 4 nitrogen and oxygen atoms in total. The first-order valence-electron chi connectivity index (χ1n) is 9.61. The summed E-state index contributed by atoms with van der Waals surface area (Å²) in [5.41, 5.74) is 3.46. The zero-order chi connectivity index (χ0) is 18.6. The van der Waals surface area contributed by atoms with Crippen LogP contribution in [0.15, 0.2) is 59.0 Å². The number of benzene rings is 2. The first kappa shape index (κ1) is 17.8. The second kappa shape index (κ2) is 7.97. The zero-order valence-electron chi connectivity index (χ0n) is 16.0. The number of oxazole rings is 1. The molecule has 0 amide bonds. The van der Waals surface area contributed by atoms with E-state index in [-0.39, 0.29) is 0 Å². The van der Waals surface area contributed by atoms with Crippen molar-refractivity contribution in [2.75, 3.05) is 20.2 Å². The maximum Gasteiger partial charge on any atom is 0.226 e. The molecule has 0 bridgehead atoms. The SMILES string of the molecule is COc1ccc(-c2nc(CN3CCCC(c4ccccc4)C3)c(C)o2)cc1. The summed E-state index contributed by atoms with van der Waals surface area (Å²) >= 11 is 0. The van der Waals surface area contributed by atoms with Crippen molar-refractivity contribution in [1.82, 2.24) is 9.88 Å². The predicted octanol–water partition coefficient (Wildman–Crippen LogP) is 5.04. The van der Waals surface area contributed by atoms with Crippen molar-refractivity contribution in [3.63, 3.8) is 0 Å². The summed E-state index contributed by atoms with van der Waals surface area (Å²) in [5, 5.41) is 0. The molecule has 1 unspecified atom stereocenters. The van der Waals surface area contributed by atoms with E-state index in [0.29, 0.717) is 11.8 Å². The van der Waals surface area contributed by atoms with Gasteiger partial charge in [0, 0.05) is 18.7 Å². The minimum absolute atomic E-state index is 0.605. The summed E-state index contributed by atoms with van der Waals surface area (Å²) in [6.07, 6.45) is 2.48. The lowest BCUT2D eigenvalue weighted by molar-refractivity contribution is 0.197. The molecule has 3 aromatic rings. The van der Waals surface area contributed by atoms with E-state index in [1.165, 1.54) is 18.4 Å². The van der Waals surface area contributed by atoms with Crippen molar-refractivity contribution in [2.24, 2.45) is 0 Å². The molecule has 0 aliphatic carbocycles. The standard InChI is InChI=1S/C23H26N2O2/c1-17-22(24-23(27-17)19-10-12-21(26-2)13-11-19)16-25-14-6-9-20(15-25)18-7-4-3-5-8-18/h3-5,7-8,10-13,20H,6,9,14-16H2,1-2H3. The van der Waals surface area contributed by atoms with Gasteiger partial charge in [0.25, 0.3) is 0 Å². The normalized spacial score (nSPS) is 17.8. The van der Waals surface area contributed by atoms with Crippen LogP contribution >= 0.6 is 0 Å². The molecule has 27 heavy (non-hydrogen) atoms. The Bertz CT molecular complexity index is 871. The van der Waals surface area contributed by atoms with Gasteiger partial charge in [0.05, 0.1) is 12.8 Å². The second-order valence-corrected chi connectivity index (χ2v) is 7.24. The van der Waals surface area contributed by atoms with Crippen LogP contribution in [0.3, 0.4) is 0 Å². The number of rotatable bonds is 5. The van der Waals surface area contributed by atoms with Crippen molar-refractivity contribution >= 4 is 0 Å². The van der Waals surface area contributed by atoms with Gasteiger partial charge in [-0.3, -0.25) is 4.90 Å². The van der Waals surface area contributed by atoms with Crippen molar-refractivity contribution in [1.29, 1.82) is 0 Å². The highest BCUT2D eigenvalue weighted by atomic mass is 16.5. The molecule has 1 aliphatic rings. The van der Waals surface area contributed by atoms with Gasteiger partial charge < -0.3 is 9.15 Å². The fourth-order valence-corrected chi connectivity index (χ4v) is 3.84. The molecule has 1 fully saturated rings. The Kier molecular flexibility index (Phi) is 5.26. The molecule has 4 rings (SSSR count). The molecule has 0 N–H and O–H groups in total. The molecule has 1 aromatic heterocycles. The topological polar surface area (TPSA) is 38.5 Å². The van der Waals surface area contributed by atoms with Crippen molar-refractivity contribution in [3.05, 3.63) is 71.6 Å². The first-order chi connectivity index (χ1) is 13.2. The van der Waals surface area contributed by atoms with Crippen molar-refractivity contribution in [3.8, 4) is 17.2 Å². The summed E-state index contributed by atoms with van der Waals surface area (Å²) in [6, 6.07) is 18.7. The Morgan fingerprint density at radius 1 is 1.11 bits per heavy atom. The van der Waals surface area contributed by atoms with Gasteiger partial charge in [-0.05, 0) is 62.1 Å². The van der Waals surface area contributed by atoms with E-state index in [1.807, 2.05) is 31.2 Å². The highest BCUT2D eigenvalue weighted by molar-refractivity contribution is 5.55. The Labute approximate surface area is 160 Å². The number of piperidine rings is 1. The summed E-state index contributed by atoms with van der Waals surface area (Å²) in [4.78, 5) is 7.28. The minimum atomic E-state index is 0.605. The van der Waals surface area contributed by atoms with Crippen LogP contribution in [0, 0.1) is 6.92 Å². The Morgan fingerprint density at radius 3 is 2.63 bits per heavy atom. The van der Waals surface area contributed by atoms with Crippen LogP contribution in [-0.4, -0.2) is 30.1 Å². The third-order valence-corrected chi connectivity index (χ3v) is 5.38. The van der Waals surface area contributed by atoms with E-state index in [4.69, 9.17) is 14.1 Å². The quantitative estimate of drug-likeness (QED) is 0.637. The number of methoxy groups -OCH3 is 1. The van der Waals surface area contributed by atoms with E-state index in [9.17, 15) is 0 Å². The molecule has 1 saturated heterocycles. The lowest BCUT2D eigenvalue weighted by Crippen LogP contribution is -2.34. The first-order valence-corrected chi connectivity index (χ1v) is 9.61. The molecule has 140 valence electrons. The van der Waals surface area contributed by atoms with Gasteiger partial charge in [-0.1, -0.05) is 30.3 Å². The van der Waals surface area contributed by atoms with Crippen LogP contribution in [-0.2, 0) is 6.54 Å². The van der Waals surface area contributed by atoms with Gasteiger partial charge in [0.15, 0.2) is 0 Å². The van der Waals surface area contributed by atoms with Gasteiger partial charge in [-0.15, -0.1) is 0 Å². The lowest BCUT2D eigenvalue weighted by Gasteiger charge is -2.32. The van der Waals surface area contributed by atoms with Crippen LogP contribution < -0.4 is 4.74 Å². The maximum absolute atomic E-state index is 5.95. The smallest absolute Gasteiger partial charge is 0.226 e. The van der Waals surface area contributed by atoms with Crippen LogP contribution in [0.5, 0.6) is 5.75 Å². The van der Waals surface area contributed by atoms with Gasteiger partial charge >= 0.3 is 0 Å². The van der Waals surface area contributed by atoms with E-state index >= 15 is 0 Å². The maximum atomic E-state index is 5.95. The molecular formula is C23H26N2O2. The average molecular weight is 362 g/mol. The summed E-state index contributed by atoms with van der Waals surface area (Å²) in [7, 11) is 1.67. The van der Waals surface area contributed by atoms with Gasteiger partial charge in [-0.25, -0.2) is 4.98 Å². The van der Waals surface area contributed by atoms with Gasteiger partial charge in [-0.2, -0.15) is 0 Å².